The van der Waals surface area contributed by atoms with Gasteiger partial charge >= 0.3 is 0 Å². The predicted octanol–water partition coefficient (Wildman–Crippen LogP) is 2.86. The lowest BCUT2D eigenvalue weighted by molar-refractivity contribution is 0.0594. The van der Waals surface area contributed by atoms with Crippen LogP contribution < -0.4 is 0 Å². The van der Waals surface area contributed by atoms with E-state index in [1.54, 1.807) is 4.90 Å². The van der Waals surface area contributed by atoms with Crippen LogP contribution in [0.1, 0.15) is 41.6 Å². The van der Waals surface area contributed by atoms with Gasteiger partial charge in [0.1, 0.15) is 17.6 Å². The third kappa shape index (κ3) is 4.43. The Morgan fingerprint density at radius 2 is 2.00 bits per heavy atom. The van der Waals surface area contributed by atoms with Crippen LogP contribution in [0.15, 0.2) is 36.5 Å². The first-order valence-corrected chi connectivity index (χ1v) is 7.72. The molecule has 0 aliphatic rings. The molecule has 2 aromatic rings. The fourth-order valence-corrected chi connectivity index (χ4v) is 2.45. The Hall–Kier alpha value is -2.65. The minimum Gasteiger partial charge on any atom is -0.387 e. The highest BCUT2D eigenvalue weighted by Gasteiger charge is 2.22. The van der Waals surface area contributed by atoms with Crippen molar-refractivity contribution in [1.29, 1.82) is 5.26 Å². The summed E-state index contributed by atoms with van der Waals surface area (Å²) in [5, 5.41) is 19.2. The maximum Gasteiger partial charge on any atom is 0.255 e. The van der Waals surface area contributed by atoms with Gasteiger partial charge in [-0.05, 0) is 29.7 Å². The van der Waals surface area contributed by atoms with Gasteiger partial charge < -0.3 is 15.0 Å². The number of carbonyl (C=O) groups is 1. The maximum atomic E-state index is 13.0. The van der Waals surface area contributed by atoms with Crippen LogP contribution in [0.2, 0.25) is 0 Å². The summed E-state index contributed by atoms with van der Waals surface area (Å²) in [6.45, 7) is 4.50. The van der Waals surface area contributed by atoms with Crippen molar-refractivity contribution in [2.24, 2.45) is 5.92 Å². The highest BCUT2D eigenvalue weighted by Crippen LogP contribution is 2.18. The summed E-state index contributed by atoms with van der Waals surface area (Å²) < 4.78 is 13.0. The zero-order valence-electron chi connectivity index (χ0n) is 13.7. The molecular formula is C18H20FN3O2. The first kappa shape index (κ1) is 17.7. The predicted molar refractivity (Wildman–Crippen MR) is 87.6 cm³/mol. The van der Waals surface area contributed by atoms with Crippen LogP contribution in [0.4, 0.5) is 4.39 Å². The van der Waals surface area contributed by atoms with Crippen molar-refractivity contribution in [3.63, 3.8) is 0 Å². The van der Waals surface area contributed by atoms with E-state index < -0.39 is 6.10 Å². The number of rotatable bonds is 6. The third-order valence-corrected chi connectivity index (χ3v) is 3.57. The standard InChI is InChI=1S/C18H20FN3O2/c1-12(2)10-22(18(24)14-7-16(8-20)21-9-14)11-17(23)13-3-5-15(19)6-4-13/h3-7,9,12,17,21,23H,10-11H2,1-2H3. The van der Waals surface area contributed by atoms with E-state index in [4.69, 9.17) is 5.26 Å². The molecule has 0 bridgehead atoms. The molecule has 2 N–H and O–H groups in total. The summed E-state index contributed by atoms with van der Waals surface area (Å²) in [6.07, 6.45) is 0.570. The second kappa shape index (κ2) is 7.75. The number of nitrogens with zero attached hydrogens (tertiary/aromatic N) is 2. The van der Waals surface area contributed by atoms with E-state index in [-0.39, 0.29) is 24.2 Å². The van der Waals surface area contributed by atoms with Crippen molar-refractivity contribution in [2.45, 2.75) is 20.0 Å². The number of amides is 1. The van der Waals surface area contributed by atoms with Crippen LogP contribution in [-0.4, -0.2) is 34.0 Å². The zero-order valence-corrected chi connectivity index (χ0v) is 13.7. The normalized spacial score (nSPS) is 12.0. The molecule has 0 spiro atoms. The van der Waals surface area contributed by atoms with Crippen molar-refractivity contribution in [1.82, 2.24) is 9.88 Å². The van der Waals surface area contributed by atoms with Crippen LogP contribution in [0, 0.1) is 23.1 Å². The Kier molecular flexibility index (Phi) is 5.72. The van der Waals surface area contributed by atoms with Gasteiger partial charge in [0.05, 0.1) is 18.2 Å². The van der Waals surface area contributed by atoms with Gasteiger partial charge in [0, 0.05) is 12.7 Å². The SMILES string of the molecule is CC(C)CN(CC(O)c1ccc(F)cc1)C(=O)c1c[nH]c(C#N)c1. The topological polar surface area (TPSA) is 80.1 Å². The average Bonchev–Trinajstić information content (AvgIpc) is 3.02. The summed E-state index contributed by atoms with van der Waals surface area (Å²) in [4.78, 5) is 16.9. The lowest BCUT2D eigenvalue weighted by Crippen LogP contribution is -2.37. The summed E-state index contributed by atoms with van der Waals surface area (Å²) in [5.41, 5.74) is 1.23. The largest absolute Gasteiger partial charge is 0.387 e. The number of halogens is 1. The molecule has 1 heterocycles. The molecule has 2 rings (SSSR count). The number of nitriles is 1. The first-order chi connectivity index (χ1) is 11.4. The molecule has 1 aromatic heterocycles. The van der Waals surface area contributed by atoms with E-state index in [0.29, 0.717) is 23.4 Å². The summed E-state index contributed by atoms with van der Waals surface area (Å²) in [5.74, 6) is -0.427. The molecule has 6 heteroatoms. The minimum absolute atomic E-state index is 0.0930. The molecular weight excluding hydrogens is 309 g/mol. The van der Waals surface area contributed by atoms with Crippen LogP contribution in [-0.2, 0) is 0 Å². The van der Waals surface area contributed by atoms with Crippen molar-refractivity contribution in [3.8, 4) is 6.07 Å². The first-order valence-electron chi connectivity index (χ1n) is 7.72. The summed E-state index contributed by atoms with van der Waals surface area (Å²) in [7, 11) is 0. The molecule has 0 saturated heterocycles. The second-order valence-electron chi connectivity index (χ2n) is 6.09. The lowest BCUT2D eigenvalue weighted by atomic mass is 10.1. The Morgan fingerprint density at radius 3 is 2.54 bits per heavy atom. The molecule has 0 saturated carbocycles. The van der Waals surface area contributed by atoms with Crippen LogP contribution in [0.3, 0.4) is 0 Å². The molecule has 1 aromatic carbocycles. The van der Waals surface area contributed by atoms with Crippen molar-refractivity contribution in [2.75, 3.05) is 13.1 Å². The van der Waals surface area contributed by atoms with Gasteiger partial charge in [-0.15, -0.1) is 0 Å². The molecule has 0 radical (unpaired) electrons. The number of H-pyrrole nitrogens is 1. The molecule has 0 fully saturated rings. The average molecular weight is 329 g/mol. The zero-order chi connectivity index (χ0) is 17.7. The number of hydrogen-bond donors (Lipinski definition) is 2. The monoisotopic (exact) mass is 329 g/mol. The molecule has 0 aliphatic heterocycles. The van der Waals surface area contributed by atoms with E-state index >= 15 is 0 Å². The number of aliphatic hydroxyl groups excluding tert-OH is 1. The van der Waals surface area contributed by atoms with Gasteiger partial charge in [-0.3, -0.25) is 4.79 Å². The van der Waals surface area contributed by atoms with Gasteiger partial charge in [-0.2, -0.15) is 5.26 Å². The Balaban J connectivity index is 2.16. The Morgan fingerprint density at radius 1 is 1.33 bits per heavy atom. The molecule has 126 valence electrons. The Bertz CT molecular complexity index is 731. The van der Waals surface area contributed by atoms with Gasteiger partial charge in [0.2, 0.25) is 0 Å². The highest BCUT2D eigenvalue weighted by atomic mass is 19.1. The van der Waals surface area contributed by atoms with Crippen molar-refractivity contribution < 1.29 is 14.3 Å². The second-order valence-corrected chi connectivity index (χ2v) is 6.09. The molecule has 1 atom stereocenters. The molecule has 5 nitrogen and oxygen atoms in total. The van der Waals surface area contributed by atoms with Crippen molar-refractivity contribution >= 4 is 5.91 Å². The van der Waals surface area contributed by atoms with Gasteiger partial charge in [-0.25, -0.2) is 4.39 Å². The quantitative estimate of drug-likeness (QED) is 0.855. The number of aromatic amines is 1. The fraction of sp³-hybridized carbons (Fsp3) is 0.333. The van der Waals surface area contributed by atoms with Crippen LogP contribution in [0.25, 0.3) is 0 Å². The minimum atomic E-state index is -0.914. The van der Waals surface area contributed by atoms with E-state index in [2.05, 4.69) is 4.98 Å². The van der Waals surface area contributed by atoms with E-state index in [9.17, 15) is 14.3 Å². The van der Waals surface area contributed by atoms with Crippen LogP contribution >= 0.6 is 0 Å². The fourth-order valence-electron chi connectivity index (χ4n) is 2.45. The molecule has 0 aliphatic carbocycles. The van der Waals surface area contributed by atoms with Gasteiger partial charge in [0.15, 0.2) is 0 Å². The van der Waals surface area contributed by atoms with E-state index in [1.807, 2.05) is 19.9 Å². The molecule has 24 heavy (non-hydrogen) atoms. The van der Waals surface area contributed by atoms with E-state index in [1.165, 1.54) is 36.5 Å². The smallest absolute Gasteiger partial charge is 0.255 e. The maximum absolute atomic E-state index is 13.0. The Labute approximate surface area is 140 Å². The van der Waals surface area contributed by atoms with Gasteiger partial charge in [-0.1, -0.05) is 26.0 Å². The number of aliphatic hydroxyl groups is 1. The number of carbonyl (C=O) groups excluding carboxylic acids is 1. The number of nitrogens with one attached hydrogen (secondary N) is 1. The van der Waals surface area contributed by atoms with Crippen LogP contribution in [0.5, 0.6) is 0 Å². The van der Waals surface area contributed by atoms with E-state index in [0.717, 1.165) is 0 Å². The lowest BCUT2D eigenvalue weighted by Gasteiger charge is -2.27. The van der Waals surface area contributed by atoms with Gasteiger partial charge in [0.25, 0.3) is 5.91 Å². The number of aromatic nitrogens is 1. The third-order valence-electron chi connectivity index (χ3n) is 3.57. The highest BCUT2D eigenvalue weighted by molar-refractivity contribution is 5.94. The summed E-state index contributed by atoms with van der Waals surface area (Å²) >= 11 is 0. The number of benzene rings is 1. The number of hydrogen-bond acceptors (Lipinski definition) is 3. The van der Waals surface area contributed by atoms with Crippen molar-refractivity contribution in [3.05, 3.63) is 59.2 Å². The molecule has 1 amide bonds. The molecule has 1 unspecified atom stereocenters. The summed E-state index contributed by atoms with van der Waals surface area (Å²) in [6, 6.07) is 8.99.